The van der Waals surface area contributed by atoms with Gasteiger partial charge in [-0.25, -0.2) is 0 Å². The number of rotatable bonds is 13. The summed E-state index contributed by atoms with van der Waals surface area (Å²) in [7, 11) is 3.63. The van der Waals surface area contributed by atoms with Crippen LogP contribution >= 0.6 is 0 Å². The molecular weight excluding hydrogens is 404 g/mol. The molecule has 2 aromatic carbocycles. The van der Waals surface area contributed by atoms with Gasteiger partial charge in [-0.2, -0.15) is 5.10 Å². The zero-order chi connectivity index (χ0) is 22.9. The number of aliphatic hydroxyl groups excluding tert-OH is 1. The van der Waals surface area contributed by atoms with Gasteiger partial charge in [0.2, 0.25) is 0 Å². The molecule has 0 aliphatic heterocycles. The van der Waals surface area contributed by atoms with Crippen molar-refractivity contribution in [1.29, 1.82) is 0 Å². The number of benzene rings is 2. The van der Waals surface area contributed by atoms with Crippen LogP contribution in [0.4, 0.5) is 0 Å². The number of hydrogen-bond acceptors (Lipinski definition) is 6. The highest BCUT2D eigenvalue weighted by atomic mass is 16.5. The van der Waals surface area contributed by atoms with Gasteiger partial charge >= 0.3 is 0 Å². The van der Waals surface area contributed by atoms with Crippen LogP contribution in [-0.2, 0) is 13.1 Å². The Hall–Kier alpha value is -2.61. The quantitative estimate of drug-likeness (QED) is 0.398. The van der Waals surface area contributed by atoms with E-state index in [0.29, 0.717) is 24.1 Å². The molecule has 7 heteroatoms. The van der Waals surface area contributed by atoms with E-state index in [2.05, 4.69) is 46.0 Å². The van der Waals surface area contributed by atoms with Gasteiger partial charge in [-0.05, 0) is 57.6 Å². The fourth-order valence-corrected chi connectivity index (χ4v) is 3.51. The van der Waals surface area contributed by atoms with Crippen molar-refractivity contribution in [2.75, 3.05) is 33.9 Å². The van der Waals surface area contributed by atoms with Crippen molar-refractivity contribution >= 4 is 10.9 Å². The van der Waals surface area contributed by atoms with Gasteiger partial charge in [-0.1, -0.05) is 24.3 Å². The standard InChI is InChI=1S/C25H36N4O3/c1-19(2)28(3)17-22(30)18-32-24-11-10-20(14-25(24)31-4)15-26-12-7-13-29-23-9-6-5-8-21(23)16-27-29/h5-6,8-11,14,16,19,22,26,30H,7,12-13,15,17-18H2,1-4H3. The Morgan fingerprint density at radius 3 is 2.75 bits per heavy atom. The average Bonchev–Trinajstić information content (AvgIpc) is 3.20. The molecule has 0 radical (unpaired) electrons. The van der Waals surface area contributed by atoms with Gasteiger partial charge in [0, 0.05) is 31.1 Å². The summed E-state index contributed by atoms with van der Waals surface area (Å²) >= 11 is 0. The molecule has 3 rings (SSSR count). The summed E-state index contributed by atoms with van der Waals surface area (Å²) in [6.45, 7) is 7.52. The second-order valence-corrected chi connectivity index (χ2v) is 8.44. The molecule has 0 saturated heterocycles. The monoisotopic (exact) mass is 440 g/mol. The first-order valence-corrected chi connectivity index (χ1v) is 11.3. The Morgan fingerprint density at radius 2 is 1.97 bits per heavy atom. The van der Waals surface area contributed by atoms with E-state index >= 15 is 0 Å². The van der Waals surface area contributed by atoms with Crippen molar-refractivity contribution in [3.63, 3.8) is 0 Å². The average molecular weight is 441 g/mol. The summed E-state index contributed by atoms with van der Waals surface area (Å²) in [5.74, 6) is 1.32. The maximum atomic E-state index is 10.2. The highest BCUT2D eigenvalue weighted by Crippen LogP contribution is 2.28. The highest BCUT2D eigenvalue weighted by Gasteiger charge is 2.13. The topological polar surface area (TPSA) is 71.8 Å². The van der Waals surface area contributed by atoms with Crippen LogP contribution < -0.4 is 14.8 Å². The lowest BCUT2D eigenvalue weighted by Gasteiger charge is -2.24. The summed E-state index contributed by atoms with van der Waals surface area (Å²) in [4.78, 5) is 2.09. The predicted molar refractivity (Wildman–Crippen MR) is 128 cm³/mol. The minimum Gasteiger partial charge on any atom is -0.493 e. The first-order valence-electron chi connectivity index (χ1n) is 11.3. The summed E-state index contributed by atoms with van der Waals surface area (Å²) < 4.78 is 13.4. The molecule has 0 fully saturated rings. The van der Waals surface area contributed by atoms with Crippen molar-refractivity contribution in [3.8, 4) is 11.5 Å². The minimum atomic E-state index is -0.555. The molecule has 0 spiro atoms. The van der Waals surface area contributed by atoms with E-state index in [1.54, 1.807) is 7.11 Å². The number of aryl methyl sites for hydroxylation is 1. The van der Waals surface area contributed by atoms with Gasteiger partial charge < -0.3 is 24.8 Å². The molecule has 1 aromatic heterocycles. The number of hydrogen-bond donors (Lipinski definition) is 2. The van der Waals surface area contributed by atoms with E-state index in [0.717, 1.165) is 31.6 Å². The molecule has 32 heavy (non-hydrogen) atoms. The lowest BCUT2D eigenvalue weighted by Crippen LogP contribution is -2.36. The molecule has 0 bridgehead atoms. The predicted octanol–water partition coefficient (Wildman–Crippen LogP) is 3.30. The number of aliphatic hydroxyl groups is 1. The zero-order valence-corrected chi connectivity index (χ0v) is 19.6. The summed E-state index contributed by atoms with van der Waals surface area (Å²) in [6, 6.07) is 14.6. The fraction of sp³-hybridized carbons (Fsp3) is 0.480. The minimum absolute atomic E-state index is 0.229. The van der Waals surface area contributed by atoms with Crippen molar-refractivity contribution in [2.24, 2.45) is 0 Å². The number of nitrogens with zero attached hydrogens (tertiary/aromatic N) is 3. The van der Waals surface area contributed by atoms with Crippen LogP contribution in [0.3, 0.4) is 0 Å². The normalized spacial score (nSPS) is 12.6. The molecule has 0 aliphatic rings. The first kappa shape index (κ1) is 24.0. The summed E-state index contributed by atoms with van der Waals surface area (Å²) in [5, 5.41) is 19.4. The molecule has 0 aliphatic carbocycles. The molecule has 0 saturated carbocycles. The Bertz CT molecular complexity index is 973. The van der Waals surface area contributed by atoms with Crippen LogP contribution in [0.1, 0.15) is 25.8 Å². The number of aromatic nitrogens is 2. The van der Waals surface area contributed by atoms with Gasteiger partial charge in [0.15, 0.2) is 11.5 Å². The van der Waals surface area contributed by atoms with E-state index in [-0.39, 0.29) is 6.61 Å². The highest BCUT2D eigenvalue weighted by molar-refractivity contribution is 5.78. The molecule has 1 atom stereocenters. The van der Waals surface area contributed by atoms with Gasteiger partial charge in [-0.3, -0.25) is 4.68 Å². The number of nitrogens with one attached hydrogen (secondary N) is 1. The number of ether oxygens (including phenoxy) is 2. The van der Waals surface area contributed by atoms with Crippen LogP contribution in [0.5, 0.6) is 11.5 Å². The van der Waals surface area contributed by atoms with E-state index in [1.165, 1.54) is 10.9 Å². The fourth-order valence-electron chi connectivity index (χ4n) is 3.51. The van der Waals surface area contributed by atoms with Crippen LogP contribution in [-0.4, -0.2) is 65.8 Å². The van der Waals surface area contributed by atoms with Gasteiger partial charge in [0.05, 0.1) is 18.8 Å². The Morgan fingerprint density at radius 1 is 1.16 bits per heavy atom. The zero-order valence-electron chi connectivity index (χ0n) is 19.6. The second-order valence-electron chi connectivity index (χ2n) is 8.44. The van der Waals surface area contributed by atoms with Crippen molar-refractivity contribution in [1.82, 2.24) is 20.0 Å². The van der Waals surface area contributed by atoms with Gasteiger partial charge in [0.1, 0.15) is 12.7 Å². The van der Waals surface area contributed by atoms with Crippen LogP contribution in [0.25, 0.3) is 10.9 Å². The molecule has 1 heterocycles. The molecule has 3 aromatic rings. The van der Waals surface area contributed by atoms with Crippen LogP contribution in [0, 0.1) is 0 Å². The third-order valence-electron chi connectivity index (χ3n) is 5.64. The Balaban J connectivity index is 1.43. The van der Waals surface area contributed by atoms with Crippen molar-refractivity contribution in [3.05, 3.63) is 54.2 Å². The van der Waals surface area contributed by atoms with E-state index in [4.69, 9.17) is 9.47 Å². The van der Waals surface area contributed by atoms with Gasteiger partial charge in [-0.15, -0.1) is 0 Å². The maximum Gasteiger partial charge on any atom is 0.161 e. The van der Waals surface area contributed by atoms with Crippen molar-refractivity contribution in [2.45, 2.75) is 45.5 Å². The lowest BCUT2D eigenvalue weighted by atomic mass is 10.2. The molecule has 0 amide bonds. The number of methoxy groups -OCH3 is 1. The molecule has 2 N–H and O–H groups in total. The summed E-state index contributed by atoms with van der Waals surface area (Å²) in [6.07, 6.45) is 2.35. The smallest absolute Gasteiger partial charge is 0.161 e. The van der Waals surface area contributed by atoms with E-state index in [9.17, 15) is 5.11 Å². The van der Waals surface area contributed by atoms with E-state index in [1.807, 2.05) is 43.6 Å². The van der Waals surface area contributed by atoms with Crippen LogP contribution in [0.2, 0.25) is 0 Å². The number of likely N-dealkylation sites (N-methyl/N-ethyl adjacent to an activating group) is 1. The maximum absolute atomic E-state index is 10.2. The Labute approximate surface area is 190 Å². The molecule has 7 nitrogen and oxygen atoms in total. The largest absolute Gasteiger partial charge is 0.493 e. The van der Waals surface area contributed by atoms with Gasteiger partial charge in [0.25, 0.3) is 0 Å². The van der Waals surface area contributed by atoms with Crippen LogP contribution in [0.15, 0.2) is 48.7 Å². The molecular formula is C25H36N4O3. The third kappa shape index (κ3) is 6.69. The second kappa shape index (κ2) is 11.9. The number of para-hydroxylation sites is 1. The first-order chi connectivity index (χ1) is 15.5. The van der Waals surface area contributed by atoms with Crippen molar-refractivity contribution < 1.29 is 14.6 Å². The Kier molecular flexibility index (Phi) is 8.90. The number of fused-ring (bicyclic) bond motifs is 1. The molecule has 174 valence electrons. The van der Waals surface area contributed by atoms with E-state index < -0.39 is 6.10 Å². The SMILES string of the molecule is COc1cc(CNCCCn2ncc3ccccc32)ccc1OCC(O)CN(C)C(C)C. The third-order valence-corrected chi connectivity index (χ3v) is 5.64. The molecule has 1 unspecified atom stereocenters. The lowest BCUT2D eigenvalue weighted by molar-refractivity contribution is 0.0668. The summed E-state index contributed by atoms with van der Waals surface area (Å²) in [5.41, 5.74) is 2.30.